The minimum absolute atomic E-state index is 0.107. The number of carbonyl (C=O) groups excluding carboxylic acids is 4. The second kappa shape index (κ2) is 15.9. The highest BCUT2D eigenvalue weighted by Crippen LogP contribution is 2.44. The maximum Gasteiger partial charge on any atom is 0.407 e. The summed E-state index contributed by atoms with van der Waals surface area (Å²) >= 11 is 0. The van der Waals surface area contributed by atoms with E-state index in [2.05, 4.69) is 34.2 Å². The lowest BCUT2D eigenvalue weighted by molar-refractivity contribution is -0.126. The molecule has 11 heteroatoms. The monoisotopic (exact) mass is 648 g/mol. The third-order valence-corrected chi connectivity index (χ3v) is 10.4. The molecule has 3 amide bonds. The number of Topliss-reactive ketones (excluding diaryl/α,β-unsaturated/α-hetero) is 1. The summed E-state index contributed by atoms with van der Waals surface area (Å²) < 4.78 is 10.8. The molecule has 2 aromatic rings. The average Bonchev–Trinajstić information content (AvgIpc) is 3.65. The van der Waals surface area contributed by atoms with Crippen molar-refractivity contribution in [3.05, 3.63) is 59.7 Å². The number of nitrogens with one attached hydrogen (secondary N) is 3. The Morgan fingerprint density at radius 2 is 1.54 bits per heavy atom. The van der Waals surface area contributed by atoms with Gasteiger partial charge in [0.25, 0.3) is 0 Å². The molecule has 46 heavy (non-hydrogen) atoms. The predicted octanol–water partition coefficient (Wildman–Crippen LogP) is 5.42. The Hall–Kier alpha value is -4.17. The number of unbranched alkanes of at least 4 members (excludes halogenated alkanes) is 1. The Morgan fingerprint density at radius 1 is 0.935 bits per heavy atom. The fourth-order valence-electron chi connectivity index (χ4n) is 5.70. The summed E-state index contributed by atoms with van der Waals surface area (Å²) in [5, 5.41) is 17.9. The predicted molar refractivity (Wildman–Crippen MR) is 180 cm³/mol. The number of amides is 3. The minimum Gasteiger partial charge on any atom is -0.449 e. The average molecular weight is 649 g/mol. The maximum atomic E-state index is 13.6. The van der Waals surface area contributed by atoms with E-state index in [0.717, 1.165) is 46.6 Å². The van der Waals surface area contributed by atoms with Crippen LogP contribution in [0.5, 0.6) is 0 Å². The number of fused-ring (bicyclic) bond motifs is 3. The van der Waals surface area contributed by atoms with E-state index in [1.165, 1.54) is 6.92 Å². The van der Waals surface area contributed by atoms with Gasteiger partial charge in [0, 0.05) is 12.5 Å². The summed E-state index contributed by atoms with van der Waals surface area (Å²) in [6.07, 6.45) is 2.00. The lowest BCUT2D eigenvalue weighted by Gasteiger charge is -2.22. The number of nitriles is 1. The minimum atomic E-state index is -0.987. The van der Waals surface area contributed by atoms with Gasteiger partial charge in [-0.15, -0.1) is 0 Å². The summed E-state index contributed by atoms with van der Waals surface area (Å²) in [6, 6.07) is 16.3. The lowest BCUT2D eigenvalue weighted by atomic mass is 9.98. The topological polar surface area (TPSA) is 147 Å². The largest absolute Gasteiger partial charge is 0.449 e. The molecule has 0 aromatic heterocycles. The Balaban J connectivity index is 1.34. The lowest BCUT2D eigenvalue weighted by Crippen LogP contribution is -2.51. The third-order valence-electron chi connectivity index (χ3n) is 7.94. The van der Waals surface area contributed by atoms with Crippen LogP contribution in [0, 0.1) is 11.3 Å². The van der Waals surface area contributed by atoms with Gasteiger partial charge in [0.15, 0.2) is 0 Å². The summed E-state index contributed by atoms with van der Waals surface area (Å²) in [6.45, 7) is 7.31. The molecule has 0 bridgehead atoms. The molecule has 10 nitrogen and oxygen atoms in total. The third kappa shape index (κ3) is 9.19. The molecule has 4 rings (SSSR count). The molecule has 3 N–H and O–H groups in total. The Morgan fingerprint density at radius 3 is 2.13 bits per heavy atom. The van der Waals surface area contributed by atoms with Crippen LogP contribution >= 0.6 is 10.5 Å². The zero-order valence-electron chi connectivity index (χ0n) is 27.0. The number of benzene rings is 2. The van der Waals surface area contributed by atoms with E-state index in [4.69, 9.17) is 9.47 Å². The Bertz CT molecular complexity index is 1470. The van der Waals surface area contributed by atoms with Crippen molar-refractivity contribution >= 4 is 39.2 Å². The molecule has 246 valence electrons. The van der Waals surface area contributed by atoms with E-state index in [0.29, 0.717) is 19.4 Å². The van der Waals surface area contributed by atoms with Gasteiger partial charge >= 0.3 is 12.2 Å². The van der Waals surface area contributed by atoms with Gasteiger partial charge in [-0.2, -0.15) is 15.7 Å². The van der Waals surface area contributed by atoms with E-state index < -0.39 is 46.3 Å². The highest BCUT2D eigenvalue weighted by atomic mass is 32.2. The Labute approximate surface area is 273 Å². The van der Waals surface area contributed by atoms with Crippen LogP contribution in [0.25, 0.3) is 11.1 Å². The van der Waals surface area contributed by atoms with Crippen LogP contribution < -0.4 is 16.0 Å². The number of alkyl carbamates (subject to hydrolysis) is 2. The number of carbonyl (C=O) groups is 4. The summed E-state index contributed by atoms with van der Waals surface area (Å²) in [5.41, 5.74) is 3.78. The molecule has 1 heterocycles. The van der Waals surface area contributed by atoms with Crippen LogP contribution in [0.2, 0.25) is 0 Å². The SMILES string of the molecule is CC(NC(=O)OCC1c2ccccc2-c2ccccc21)C(=O)N[C@@H](CCCCNC(=O)OC(C)(C)C)C(=O)C(C#N)=S1CCCC1. The van der Waals surface area contributed by atoms with E-state index in [-0.39, 0.29) is 29.6 Å². The first kappa shape index (κ1) is 34.7. The number of hydrogen-bond donors (Lipinski definition) is 3. The van der Waals surface area contributed by atoms with Gasteiger partial charge < -0.3 is 25.4 Å². The highest BCUT2D eigenvalue weighted by Gasteiger charge is 2.31. The summed E-state index contributed by atoms with van der Waals surface area (Å²) in [7, 11) is -0.420. The van der Waals surface area contributed by atoms with Crippen molar-refractivity contribution in [2.24, 2.45) is 0 Å². The smallest absolute Gasteiger partial charge is 0.407 e. The van der Waals surface area contributed by atoms with Crippen LogP contribution in [0.1, 0.15) is 76.8 Å². The summed E-state index contributed by atoms with van der Waals surface area (Å²) in [4.78, 5) is 51.7. The molecule has 0 radical (unpaired) electrons. The van der Waals surface area contributed by atoms with Crippen LogP contribution in [0.4, 0.5) is 9.59 Å². The van der Waals surface area contributed by atoms with Gasteiger partial charge in [0.05, 0.1) is 6.04 Å². The van der Waals surface area contributed by atoms with E-state index in [1.807, 2.05) is 36.4 Å². The normalized spacial score (nSPS) is 15.5. The fourth-order valence-corrected chi connectivity index (χ4v) is 7.98. The highest BCUT2D eigenvalue weighted by molar-refractivity contribution is 8.17. The van der Waals surface area contributed by atoms with Crippen LogP contribution in [0.15, 0.2) is 48.5 Å². The molecular weight excluding hydrogens is 604 g/mol. The molecule has 1 fully saturated rings. The van der Waals surface area contributed by atoms with Gasteiger partial charge in [0.2, 0.25) is 11.7 Å². The summed E-state index contributed by atoms with van der Waals surface area (Å²) in [5.74, 6) is 0.551. The maximum absolute atomic E-state index is 13.6. The van der Waals surface area contributed by atoms with Gasteiger partial charge in [-0.05, 0) is 93.6 Å². The van der Waals surface area contributed by atoms with Crippen LogP contribution in [-0.2, 0) is 19.1 Å². The van der Waals surface area contributed by atoms with Crippen molar-refractivity contribution in [3.63, 3.8) is 0 Å². The van der Waals surface area contributed by atoms with Crippen LogP contribution in [0.3, 0.4) is 0 Å². The first-order chi connectivity index (χ1) is 22.0. The second-order valence-corrected chi connectivity index (χ2v) is 14.8. The first-order valence-electron chi connectivity index (χ1n) is 15.9. The fraction of sp³-hybridized carbons (Fsp3) is 0.486. The van der Waals surface area contributed by atoms with E-state index in [9.17, 15) is 24.4 Å². The van der Waals surface area contributed by atoms with Gasteiger partial charge in [-0.25, -0.2) is 9.59 Å². The molecule has 0 spiro atoms. The zero-order chi connectivity index (χ0) is 33.3. The van der Waals surface area contributed by atoms with Crippen LogP contribution in [-0.4, -0.2) is 71.1 Å². The molecule has 2 atom stereocenters. The number of ketones is 1. The van der Waals surface area contributed by atoms with Gasteiger partial charge in [-0.3, -0.25) is 9.59 Å². The van der Waals surface area contributed by atoms with Crippen molar-refractivity contribution in [3.8, 4) is 17.2 Å². The van der Waals surface area contributed by atoms with Crippen molar-refractivity contribution in [2.75, 3.05) is 24.7 Å². The number of rotatable bonds is 12. The van der Waals surface area contributed by atoms with Crippen molar-refractivity contribution in [2.45, 2.75) is 83.4 Å². The van der Waals surface area contributed by atoms with Crippen molar-refractivity contribution in [1.82, 2.24) is 16.0 Å². The second-order valence-electron chi connectivity index (χ2n) is 12.6. The van der Waals surface area contributed by atoms with E-state index >= 15 is 0 Å². The molecule has 0 saturated carbocycles. The first-order valence-corrected chi connectivity index (χ1v) is 17.4. The number of ether oxygens (including phenoxy) is 2. The van der Waals surface area contributed by atoms with E-state index in [1.54, 1.807) is 20.8 Å². The molecule has 2 aliphatic rings. The molecule has 1 unspecified atom stereocenters. The van der Waals surface area contributed by atoms with Crippen molar-refractivity contribution < 1.29 is 28.7 Å². The molecule has 1 saturated heterocycles. The quantitative estimate of drug-likeness (QED) is 0.206. The molecule has 1 aliphatic heterocycles. The zero-order valence-corrected chi connectivity index (χ0v) is 27.8. The van der Waals surface area contributed by atoms with Gasteiger partial charge in [0.1, 0.15) is 29.2 Å². The van der Waals surface area contributed by atoms with Gasteiger partial charge in [-0.1, -0.05) is 48.5 Å². The molecule has 1 aliphatic carbocycles. The number of hydrogen-bond acceptors (Lipinski definition) is 7. The molecule has 2 aromatic carbocycles. The molecular formula is C35H44N4O6S. The van der Waals surface area contributed by atoms with Crippen molar-refractivity contribution in [1.29, 1.82) is 5.26 Å². The standard InChI is InChI=1S/C35H44N4O6S/c1-23(38-34(43)44-22-28-26-15-7-5-13-24(26)25-14-6-8-16-27(25)28)32(41)39-29(31(40)30(21-36)46-19-11-12-20-46)17-9-10-18-37-33(42)45-35(2,3)4/h5-8,13-16,23,28-29H,9-12,17-20,22H2,1-4H3,(H,37,42)(H,38,43)(H,39,41)/t23?,29-/m0/s1. The Kier molecular flexibility index (Phi) is 12.0. The number of nitrogens with zero attached hydrogens (tertiary/aromatic N) is 1.